The van der Waals surface area contributed by atoms with Gasteiger partial charge in [-0.1, -0.05) is 24.3 Å². The summed E-state index contributed by atoms with van der Waals surface area (Å²) in [6, 6.07) is 10.5. The highest BCUT2D eigenvalue weighted by molar-refractivity contribution is 6.04. The van der Waals surface area contributed by atoms with Gasteiger partial charge in [0, 0.05) is 12.1 Å². The predicted octanol–water partition coefficient (Wildman–Crippen LogP) is 1.37. The summed E-state index contributed by atoms with van der Waals surface area (Å²) in [5, 5.41) is 9.28. The molecule has 2 aromatic carbocycles. The second-order valence-electron chi connectivity index (χ2n) is 6.72. The molecular weight excluding hydrogens is 390 g/mol. The normalized spacial score (nSPS) is 16.0. The van der Waals surface area contributed by atoms with Gasteiger partial charge in [0.05, 0.1) is 19.6 Å². The van der Waals surface area contributed by atoms with Gasteiger partial charge in [0.1, 0.15) is 6.04 Å². The molecule has 1 aliphatic heterocycles. The van der Waals surface area contributed by atoms with E-state index >= 15 is 0 Å². The number of hydrogen-bond acceptors (Lipinski definition) is 6. The Morgan fingerprint density at radius 2 is 1.97 bits per heavy atom. The van der Waals surface area contributed by atoms with Crippen molar-refractivity contribution in [2.24, 2.45) is 5.73 Å². The number of fused-ring (bicyclic) bond motifs is 1. The summed E-state index contributed by atoms with van der Waals surface area (Å²) in [5.74, 6) is -1.96. The number of hydrogen-bond donors (Lipinski definition) is 3. The van der Waals surface area contributed by atoms with E-state index in [1.807, 2.05) is 6.92 Å². The van der Waals surface area contributed by atoms with E-state index in [0.29, 0.717) is 34.8 Å². The van der Waals surface area contributed by atoms with Crippen molar-refractivity contribution in [3.63, 3.8) is 0 Å². The number of carbonyl (C=O) groups is 3. The van der Waals surface area contributed by atoms with Crippen molar-refractivity contribution in [3.8, 4) is 11.5 Å². The monoisotopic (exact) mass is 413 g/mol. The molecule has 0 aliphatic carbocycles. The molecule has 4 N–H and O–H groups in total. The van der Waals surface area contributed by atoms with Crippen LogP contribution in [0.15, 0.2) is 42.5 Å². The van der Waals surface area contributed by atoms with Crippen molar-refractivity contribution in [3.05, 3.63) is 59.2 Å². The van der Waals surface area contributed by atoms with Crippen LogP contribution in [0.5, 0.6) is 11.5 Å². The van der Waals surface area contributed by atoms with Crippen LogP contribution < -0.4 is 20.7 Å². The predicted molar refractivity (Wildman–Crippen MR) is 106 cm³/mol. The Balaban J connectivity index is 2.00. The molecule has 2 unspecified atom stereocenters. The van der Waals surface area contributed by atoms with E-state index in [4.69, 9.17) is 15.2 Å². The smallest absolute Gasteiger partial charge is 0.255 e. The van der Waals surface area contributed by atoms with Gasteiger partial charge < -0.3 is 20.1 Å². The zero-order valence-corrected chi connectivity index (χ0v) is 16.6. The van der Waals surface area contributed by atoms with Crippen LogP contribution in [-0.4, -0.2) is 48.1 Å². The Kier molecular flexibility index (Phi) is 6.22. The average Bonchev–Trinajstić information content (AvgIpc) is 3.03. The number of rotatable bonds is 8. The molecule has 1 heterocycles. The summed E-state index contributed by atoms with van der Waals surface area (Å²) in [6.07, 6.45) is 0. The van der Waals surface area contributed by atoms with Crippen LogP contribution in [0.4, 0.5) is 0 Å². The Labute approximate surface area is 173 Å². The summed E-state index contributed by atoms with van der Waals surface area (Å²) < 4.78 is 10.8. The molecule has 3 rings (SSSR count). The third-order valence-corrected chi connectivity index (χ3v) is 5.02. The minimum atomic E-state index is -1.01. The molecule has 9 nitrogen and oxygen atoms in total. The Bertz CT molecular complexity index is 977. The van der Waals surface area contributed by atoms with Gasteiger partial charge in [0.15, 0.2) is 11.5 Å². The van der Waals surface area contributed by atoms with Crippen LogP contribution in [0, 0.1) is 0 Å². The van der Waals surface area contributed by atoms with Gasteiger partial charge >= 0.3 is 0 Å². The summed E-state index contributed by atoms with van der Waals surface area (Å²) >= 11 is 0. The summed E-state index contributed by atoms with van der Waals surface area (Å²) in [7, 11) is 1.49. The quantitative estimate of drug-likeness (QED) is 0.442. The number of hydroxylamine groups is 1. The Morgan fingerprint density at radius 1 is 1.23 bits per heavy atom. The van der Waals surface area contributed by atoms with E-state index in [9.17, 15) is 19.6 Å². The second kappa shape index (κ2) is 8.83. The zero-order chi connectivity index (χ0) is 21.8. The fraction of sp³-hybridized carbons (Fsp3) is 0.286. The highest BCUT2D eigenvalue weighted by Crippen LogP contribution is 2.37. The number of nitrogens with zero attached hydrogens (tertiary/aromatic N) is 1. The molecular formula is C21H23N3O6. The third-order valence-electron chi connectivity index (χ3n) is 5.02. The van der Waals surface area contributed by atoms with Crippen LogP contribution >= 0.6 is 0 Å². The maximum Gasteiger partial charge on any atom is 0.255 e. The van der Waals surface area contributed by atoms with Crippen LogP contribution in [-0.2, 0) is 9.59 Å². The van der Waals surface area contributed by atoms with Gasteiger partial charge in [-0.3, -0.25) is 19.6 Å². The van der Waals surface area contributed by atoms with E-state index in [-0.39, 0.29) is 6.54 Å². The standard InChI is InChI=1S/C21H23N3O6/c1-3-30-17-10-12(8-9-16(17)29-2)15(20(26)23-28)11-24-18(19(22)25)13-6-4-5-7-14(13)21(24)27/h4-10,15,18,28H,3,11H2,1-2H3,(H2,22,25)(H,23,26). The van der Waals surface area contributed by atoms with Crippen molar-refractivity contribution >= 4 is 17.7 Å². The third kappa shape index (κ3) is 3.79. The fourth-order valence-corrected chi connectivity index (χ4v) is 3.66. The van der Waals surface area contributed by atoms with Crippen LogP contribution in [0.25, 0.3) is 0 Å². The van der Waals surface area contributed by atoms with Crippen LogP contribution in [0.2, 0.25) is 0 Å². The van der Waals surface area contributed by atoms with Crippen molar-refractivity contribution in [1.82, 2.24) is 10.4 Å². The first-order chi connectivity index (χ1) is 14.4. The lowest BCUT2D eigenvalue weighted by Gasteiger charge is -2.27. The molecule has 0 saturated carbocycles. The van der Waals surface area contributed by atoms with Gasteiger partial charge in [-0.15, -0.1) is 0 Å². The lowest BCUT2D eigenvalue weighted by molar-refractivity contribution is -0.132. The van der Waals surface area contributed by atoms with E-state index in [0.717, 1.165) is 0 Å². The lowest BCUT2D eigenvalue weighted by atomic mass is 9.96. The maximum atomic E-state index is 12.9. The SMILES string of the molecule is CCOc1cc(C(CN2C(=O)c3ccccc3C2C(N)=O)C(=O)NO)ccc1OC. The van der Waals surface area contributed by atoms with Gasteiger partial charge in [-0.2, -0.15) is 0 Å². The van der Waals surface area contributed by atoms with Gasteiger partial charge in [-0.05, 0) is 36.2 Å². The molecule has 2 aromatic rings. The molecule has 30 heavy (non-hydrogen) atoms. The van der Waals surface area contributed by atoms with E-state index < -0.39 is 29.7 Å². The minimum Gasteiger partial charge on any atom is -0.493 e. The molecule has 0 saturated heterocycles. The molecule has 3 amide bonds. The van der Waals surface area contributed by atoms with Crippen molar-refractivity contribution < 1.29 is 29.1 Å². The zero-order valence-electron chi connectivity index (χ0n) is 16.6. The maximum absolute atomic E-state index is 12.9. The van der Waals surface area contributed by atoms with E-state index in [1.54, 1.807) is 47.9 Å². The summed E-state index contributed by atoms with van der Waals surface area (Å²) in [5.41, 5.74) is 8.52. The highest BCUT2D eigenvalue weighted by Gasteiger charge is 2.42. The number of ether oxygens (including phenoxy) is 2. The molecule has 0 aromatic heterocycles. The largest absolute Gasteiger partial charge is 0.493 e. The Morgan fingerprint density at radius 3 is 2.60 bits per heavy atom. The second-order valence-corrected chi connectivity index (χ2v) is 6.72. The molecule has 1 aliphatic rings. The number of primary amides is 1. The average molecular weight is 413 g/mol. The number of methoxy groups -OCH3 is 1. The van der Waals surface area contributed by atoms with Gasteiger partial charge in [0.2, 0.25) is 5.91 Å². The topological polar surface area (TPSA) is 131 Å². The van der Waals surface area contributed by atoms with Gasteiger partial charge in [0.25, 0.3) is 11.8 Å². The van der Waals surface area contributed by atoms with E-state index in [1.165, 1.54) is 12.0 Å². The van der Waals surface area contributed by atoms with Crippen molar-refractivity contribution in [2.45, 2.75) is 18.9 Å². The number of nitrogens with two attached hydrogens (primary N) is 1. The molecule has 0 radical (unpaired) electrons. The molecule has 9 heteroatoms. The van der Waals surface area contributed by atoms with Gasteiger partial charge in [-0.25, -0.2) is 5.48 Å². The van der Waals surface area contributed by atoms with Crippen molar-refractivity contribution in [1.29, 1.82) is 0 Å². The van der Waals surface area contributed by atoms with Crippen LogP contribution in [0.1, 0.15) is 40.4 Å². The molecule has 158 valence electrons. The Hall–Kier alpha value is -3.59. The summed E-state index contributed by atoms with van der Waals surface area (Å²) in [4.78, 5) is 38.8. The minimum absolute atomic E-state index is 0.175. The molecule has 0 bridgehead atoms. The van der Waals surface area contributed by atoms with Crippen LogP contribution in [0.3, 0.4) is 0 Å². The number of carbonyl (C=O) groups excluding carboxylic acids is 3. The number of nitrogens with one attached hydrogen (secondary N) is 1. The summed E-state index contributed by atoms with van der Waals surface area (Å²) in [6.45, 7) is 2.01. The number of amides is 3. The first-order valence-corrected chi connectivity index (χ1v) is 9.36. The highest BCUT2D eigenvalue weighted by atomic mass is 16.5. The molecule has 0 spiro atoms. The lowest BCUT2D eigenvalue weighted by Crippen LogP contribution is -2.42. The number of benzene rings is 2. The van der Waals surface area contributed by atoms with Crippen molar-refractivity contribution in [2.75, 3.05) is 20.3 Å². The first kappa shape index (κ1) is 21.1. The molecule has 0 fully saturated rings. The fourth-order valence-electron chi connectivity index (χ4n) is 3.66. The molecule has 2 atom stereocenters. The van der Waals surface area contributed by atoms with E-state index in [2.05, 4.69) is 0 Å². The first-order valence-electron chi connectivity index (χ1n) is 9.36.